The van der Waals surface area contributed by atoms with Crippen LogP contribution in [-0.2, 0) is 0 Å². The van der Waals surface area contributed by atoms with E-state index in [4.69, 9.17) is 9.47 Å². The number of hydrogen-bond donors (Lipinski definition) is 0. The highest BCUT2D eigenvalue weighted by Gasteiger charge is 2.10. The van der Waals surface area contributed by atoms with Gasteiger partial charge in [0.15, 0.2) is 0 Å². The molecule has 0 N–H and O–H groups in total. The highest BCUT2D eigenvalue weighted by molar-refractivity contribution is 5.78. The zero-order chi connectivity index (χ0) is 32.4. The number of rotatable bonds is 15. The molecule has 0 radical (unpaired) electrons. The van der Waals surface area contributed by atoms with E-state index in [-0.39, 0.29) is 0 Å². The highest BCUT2D eigenvalue weighted by Crippen LogP contribution is 2.27. The quantitative estimate of drug-likeness (QED) is 0.125. The van der Waals surface area contributed by atoms with E-state index >= 15 is 0 Å². The molecule has 0 amide bonds. The van der Waals surface area contributed by atoms with Crippen molar-refractivity contribution >= 4 is 0 Å². The second-order valence-corrected chi connectivity index (χ2v) is 12.1. The van der Waals surface area contributed by atoms with E-state index in [1.807, 2.05) is 60.7 Å². The molecule has 0 bridgehead atoms. The van der Waals surface area contributed by atoms with Crippen LogP contribution in [0.1, 0.15) is 101 Å². The molecule has 2 nitrogen and oxygen atoms in total. The fourth-order valence-corrected chi connectivity index (χ4v) is 5.45. The van der Waals surface area contributed by atoms with Crippen LogP contribution < -0.4 is 9.47 Å². The van der Waals surface area contributed by atoms with Gasteiger partial charge in [-0.3, -0.25) is 0 Å². The van der Waals surface area contributed by atoms with Gasteiger partial charge in [0.25, 0.3) is 0 Å². The van der Waals surface area contributed by atoms with E-state index in [2.05, 4.69) is 87.8 Å². The molecule has 0 saturated heterocycles. The van der Waals surface area contributed by atoms with E-state index in [1.165, 1.54) is 38.5 Å². The molecule has 0 spiro atoms. The Kier molecular flexibility index (Phi) is 14.4. The van der Waals surface area contributed by atoms with Gasteiger partial charge in [0, 0.05) is 27.8 Å². The van der Waals surface area contributed by atoms with Gasteiger partial charge in [0.2, 0.25) is 0 Å². The van der Waals surface area contributed by atoms with Crippen molar-refractivity contribution in [3.63, 3.8) is 0 Å². The van der Waals surface area contributed by atoms with Gasteiger partial charge in [-0.2, -0.15) is 0 Å². The van der Waals surface area contributed by atoms with Crippen LogP contribution in [0.25, 0.3) is 11.1 Å². The lowest BCUT2D eigenvalue weighted by Crippen LogP contribution is -2.11. The van der Waals surface area contributed by atoms with Crippen molar-refractivity contribution in [3.8, 4) is 46.3 Å². The van der Waals surface area contributed by atoms with Crippen molar-refractivity contribution in [2.45, 2.75) is 79.1 Å². The molecule has 0 aliphatic carbocycles. The van der Waals surface area contributed by atoms with Crippen molar-refractivity contribution in [3.05, 3.63) is 119 Å². The van der Waals surface area contributed by atoms with E-state index in [9.17, 15) is 0 Å². The maximum Gasteiger partial charge on any atom is 0.119 e. The molecule has 4 aromatic rings. The normalized spacial score (nSPS) is 11.8. The summed E-state index contributed by atoms with van der Waals surface area (Å²) in [6.45, 7) is 10.5. The van der Waals surface area contributed by atoms with E-state index in [0.717, 1.165) is 70.9 Å². The minimum Gasteiger partial charge on any atom is -0.493 e. The second kappa shape index (κ2) is 19.2. The van der Waals surface area contributed by atoms with Gasteiger partial charge >= 0.3 is 0 Å². The van der Waals surface area contributed by atoms with Crippen molar-refractivity contribution in [2.75, 3.05) is 13.2 Å². The molecular weight excluding hydrogens is 560 g/mol. The number of hydrogen-bond acceptors (Lipinski definition) is 2. The molecule has 238 valence electrons. The Morgan fingerprint density at radius 3 is 1.37 bits per heavy atom. The fraction of sp³-hybridized carbons (Fsp3) is 0.364. The Hall–Kier alpha value is -4.40. The largest absolute Gasteiger partial charge is 0.493 e. The fourth-order valence-electron chi connectivity index (χ4n) is 5.45. The predicted molar refractivity (Wildman–Crippen MR) is 194 cm³/mol. The zero-order valence-corrected chi connectivity index (χ0v) is 28.3. The van der Waals surface area contributed by atoms with Crippen LogP contribution in [0, 0.1) is 35.5 Å². The molecule has 2 unspecified atom stereocenters. The van der Waals surface area contributed by atoms with E-state index < -0.39 is 0 Å². The molecule has 0 saturated carbocycles. The number of benzene rings is 4. The maximum atomic E-state index is 6.10. The average Bonchev–Trinajstić information content (AvgIpc) is 3.11. The zero-order valence-electron chi connectivity index (χ0n) is 28.3. The average molecular weight is 611 g/mol. The molecule has 0 aliphatic heterocycles. The molecule has 0 heterocycles. The highest BCUT2D eigenvalue weighted by atomic mass is 16.5. The van der Waals surface area contributed by atoms with Crippen molar-refractivity contribution in [2.24, 2.45) is 11.8 Å². The third-order valence-electron chi connectivity index (χ3n) is 8.58. The summed E-state index contributed by atoms with van der Waals surface area (Å²) in [6, 6.07) is 32.9. The van der Waals surface area contributed by atoms with E-state index in [1.54, 1.807) is 0 Å². The molecule has 0 aromatic heterocycles. The number of unbranched alkanes of at least 4 members (excludes halogenated alkanes) is 2. The Bertz CT molecular complexity index is 1480. The predicted octanol–water partition coefficient (Wildman–Crippen LogP) is 11.3. The minimum atomic E-state index is 0.610. The van der Waals surface area contributed by atoms with Crippen molar-refractivity contribution in [1.29, 1.82) is 0 Å². The second-order valence-electron chi connectivity index (χ2n) is 12.1. The Morgan fingerprint density at radius 2 is 0.957 bits per heavy atom. The first-order valence-corrected chi connectivity index (χ1v) is 17.3. The molecule has 2 heteroatoms. The summed E-state index contributed by atoms with van der Waals surface area (Å²) in [5.41, 5.74) is 5.98. The van der Waals surface area contributed by atoms with Gasteiger partial charge in [-0.1, -0.05) is 126 Å². The smallest absolute Gasteiger partial charge is 0.119 e. The molecule has 0 fully saturated rings. The number of ether oxygens (including phenoxy) is 2. The van der Waals surface area contributed by atoms with Crippen LogP contribution in [0.4, 0.5) is 0 Å². The maximum absolute atomic E-state index is 6.10. The van der Waals surface area contributed by atoms with Crippen LogP contribution >= 0.6 is 0 Å². The third kappa shape index (κ3) is 10.9. The summed E-state index contributed by atoms with van der Waals surface area (Å²) in [6.07, 6.45) is 9.73. The van der Waals surface area contributed by atoms with Crippen LogP contribution in [0.5, 0.6) is 11.5 Å². The SMILES string of the molecule is CCCCC(CC)COc1ccc(C#Cc2cccc(C#Cc3ccc(OCC(CC)CCCC)cc3)c2-c2ccccc2)cc1. The molecule has 2 atom stereocenters. The van der Waals surface area contributed by atoms with Crippen LogP contribution in [-0.4, -0.2) is 13.2 Å². The van der Waals surface area contributed by atoms with E-state index in [0.29, 0.717) is 11.8 Å². The van der Waals surface area contributed by atoms with Gasteiger partial charge in [0.05, 0.1) is 13.2 Å². The van der Waals surface area contributed by atoms with Gasteiger partial charge < -0.3 is 9.47 Å². The van der Waals surface area contributed by atoms with Gasteiger partial charge in [-0.25, -0.2) is 0 Å². The Morgan fingerprint density at radius 1 is 0.500 bits per heavy atom. The van der Waals surface area contributed by atoms with Gasteiger partial charge in [-0.05, 0) is 90.9 Å². The van der Waals surface area contributed by atoms with Crippen molar-refractivity contribution < 1.29 is 9.47 Å². The van der Waals surface area contributed by atoms with Gasteiger partial charge in [-0.15, -0.1) is 0 Å². The monoisotopic (exact) mass is 610 g/mol. The summed E-state index contributed by atoms with van der Waals surface area (Å²) in [7, 11) is 0. The summed E-state index contributed by atoms with van der Waals surface area (Å²) in [5, 5.41) is 0. The first-order valence-electron chi connectivity index (χ1n) is 17.3. The standard InChI is InChI=1S/C44H50O2/c1-5-9-15-35(7-3)33-45-42-29-23-37(24-30-42)21-27-40-19-14-20-41(44(40)39-17-12-11-13-18-39)28-22-38-25-31-43(32-26-38)46-34-36(8-4)16-10-6-2/h11-14,17-20,23-26,29-32,35-36H,5-10,15-16,33-34H2,1-4H3. The summed E-state index contributed by atoms with van der Waals surface area (Å²) in [5.74, 6) is 16.7. The first kappa shape index (κ1) is 34.5. The molecule has 0 aliphatic rings. The molecule has 46 heavy (non-hydrogen) atoms. The van der Waals surface area contributed by atoms with Gasteiger partial charge in [0.1, 0.15) is 11.5 Å². The first-order chi connectivity index (χ1) is 22.6. The lowest BCUT2D eigenvalue weighted by Gasteiger charge is -2.15. The topological polar surface area (TPSA) is 18.5 Å². The van der Waals surface area contributed by atoms with Crippen LogP contribution in [0.15, 0.2) is 97.1 Å². The molecule has 4 rings (SSSR count). The molecular formula is C44H50O2. The van der Waals surface area contributed by atoms with Crippen LogP contribution in [0.3, 0.4) is 0 Å². The third-order valence-corrected chi connectivity index (χ3v) is 8.58. The Labute approximate surface area is 278 Å². The van der Waals surface area contributed by atoms with Crippen LogP contribution in [0.2, 0.25) is 0 Å². The minimum absolute atomic E-state index is 0.610. The lowest BCUT2D eigenvalue weighted by molar-refractivity contribution is 0.233. The van der Waals surface area contributed by atoms with Crippen molar-refractivity contribution in [1.82, 2.24) is 0 Å². The Balaban J connectivity index is 1.50. The summed E-state index contributed by atoms with van der Waals surface area (Å²) < 4.78 is 12.2. The summed E-state index contributed by atoms with van der Waals surface area (Å²) >= 11 is 0. The summed E-state index contributed by atoms with van der Waals surface area (Å²) in [4.78, 5) is 0. The lowest BCUT2D eigenvalue weighted by atomic mass is 9.94. The molecule has 4 aromatic carbocycles.